The topological polar surface area (TPSA) is 69.6 Å². The van der Waals surface area contributed by atoms with E-state index in [0.29, 0.717) is 24.5 Å². The van der Waals surface area contributed by atoms with Crippen LogP contribution in [0, 0.1) is 0 Å². The van der Waals surface area contributed by atoms with Gasteiger partial charge in [-0.15, -0.1) is 35.3 Å². The van der Waals surface area contributed by atoms with Crippen LogP contribution in [0.25, 0.3) is 0 Å². The number of carbonyl (C=O) groups is 1. The van der Waals surface area contributed by atoms with E-state index in [1.807, 2.05) is 0 Å². The van der Waals surface area contributed by atoms with E-state index in [-0.39, 0.29) is 36.4 Å². The zero-order chi connectivity index (χ0) is 18.2. The Bertz CT molecular complexity index is 582. The standard InChI is InChI=1S/C18H31N5OS.HI/c1-13(2)15-12-25-16(22-15)10-19-18(20-11-17(24)23(3)4)21-14-8-6-5-7-9-14;/h12-14H,5-11H2,1-4H3,(H2,19,20,21);1H. The molecule has 1 heterocycles. The summed E-state index contributed by atoms with van der Waals surface area (Å²) in [6, 6.07) is 0.442. The van der Waals surface area contributed by atoms with Crippen LogP contribution in [0.4, 0.5) is 0 Å². The fraction of sp³-hybridized carbons (Fsp3) is 0.722. The highest BCUT2D eigenvalue weighted by Gasteiger charge is 2.15. The van der Waals surface area contributed by atoms with Gasteiger partial charge in [0, 0.05) is 25.5 Å². The highest BCUT2D eigenvalue weighted by molar-refractivity contribution is 14.0. The van der Waals surface area contributed by atoms with Crippen molar-refractivity contribution in [1.29, 1.82) is 0 Å². The Morgan fingerprint density at radius 1 is 1.35 bits per heavy atom. The molecule has 1 aromatic heterocycles. The molecule has 148 valence electrons. The smallest absolute Gasteiger partial charge is 0.243 e. The molecule has 0 aromatic carbocycles. The second-order valence-electron chi connectivity index (χ2n) is 7.11. The van der Waals surface area contributed by atoms with E-state index in [0.717, 1.165) is 23.5 Å². The first-order valence-electron chi connectivity index (χ1n) is 9.15. The van der Waals surface area contributed by atoms with E-state index < -0.39 is 0 Å². The summed E-state index contributed by atoms with van der Waals surface area (Å²) >= 11 is 1.66. The molecule has 0 spiro atoms. The third kappa shape index (κ3) is 7.77. The van der Waals surface area contributed by atoms with Crippen molar-refractivity contribution in [2.24, 2.45) is 4.99 Å². The molecular weight excluding hydrogens is 461 g/mol. The molecule has 1 fully saturated rings. The average molecular weight is 493 g/mol. The normalized spacial score (nSPS) is 15.5. The Hall–Kier alpha value is -0.900. The Morgan fingerprint density at radius 2 is 2.04 bits per heavy atom. The molecule has 1 aliphatic carbocycles. The molecule has 1 aliphatic rings. The number of carbonyl (C=O) groups excluding carboxylic acids is 1. The van der Waals surface area contributed by atoms with Gasteiger partial charge >= 0.3 is 0 Å². The lowest BCUT2D eigenvalue weighted by Crippen LogP contribution is -2.44. The summed E-state index contributed by atoms with van der Waals surface area (Å²) in [5, 5.41) is 10.00. The van der Waals surface area contributed by atoms with Crippen molar-refractivity contribution in [3.05, 3.63) is 16.1 Å². The number of amides is 1. The molecule has 1 saturated carbocycles. The fourth-order valence-electron chi connectivity index (χ4n) is 2.71. The van der Waals surface area contributed by atoms with Gasteiger partial charge in [-0.2, -0.15) is 0 Å². The van der Waals surface area contributed by atoms with Gasteiger partial charge in [-0.3, -0.25) is 4.79 Å². The number of halogens is 1. The number of thiazole rings is 1. The van der Waals surface area contributed by atoms with Crippen LogP contribution in [0.2, 0.25) is 0 Å². The summed E-state index contributed by atoms with van der Waals surface area (Å²) in [7, 11) is 3.51. The first kappa shape index (κ1) is 23.1. The van der Waals surface area contributed by atoms with E-state index in [4.69, 9.17) is 0 Å². The van der Waals surface area contributed by atoms with Gasteiger partial charge in [-0.25, -0.2) is 9.98 Å². The van der Waals surface area contributed by atoms with Crippen LogP contribution in [-0.2, 0) is 11.3 Å². The second kappa shape index (κ2) is 11.7. The first-order valence-corrected chi connectivity index (χ1v) is 10.0. The van der Waals surface area contributed by atoms with Crippen LogP contribution in [0.3, 0.4) is 0 Å². The predicted octanol–water partition coefficient (Wildman–Crippen LogP) is 3.34. The molecule has 2 rings (SSSR count). The Kier molecular flexibility index (Phi) is 10.4. The Balaban J connectivity index is 0.00000338. The molecule has 0 saturated heterocycles. The molecule has 26 heavy (non-hydrogen) atoms. The number of likely N-dealkylation sites (N-methyl/N-ethyl adjacent to an activating group) is 1. The summed E-state index contributed by atoms with van der Waals surface area (Å²) < 4.78 is 0. The van der Waals surface area contributed by atoms with Crippen LogP contribution in [0.15, 0.2) is 10.4 Å². The minimum absolute atomic E-state index is 0. The van der Waals surface area contributed by atoms with Gasteiger partial charge in [0.25, 0.3) is 0 Å². The molecule has 0 radical (unpaired) electrons. The molecule has 0 atom stereocenters. The van der Waals surface area contributed by atoms with Crippen molar-refractivity contribution >= 4 is 47.2 Å². The fourth-order valence-corrected chi connectivity index (χ4v) is 3.61. The SMILES string of the molecule is CC(C)c1csc(CNC(=NCC(=O)N(C)C)NC2CCCCC2)n1.I. The van der Waals surface area contributed by atoms with E-state index in [2.05, 4.69) is 39.8 Å². The number of aliphatic imine (C=N–C) groups is 1. The van der Waals surface area contributed by atoms with Gasteiger partial charge in [0.2, 0.25) is 5.91 Å². The van der Waals surface area contributed by atoms with Crippen LogP contribution in [0.1, 0.15) is 62.6 Å². The number of rotatable bonds is 6. The van der Waals surface area contributed by atoms with E-state index in [1.54, 1.807) is 30.3 Å². The molecule has 1 aromatic rings. The van der Waals surface area contributed by atoms with E-state index >= 15 is 0 Å². The van der Waals surface area contributed by atoms with Gasteiger partial charge in [-0.1, -0.05) is 33.1 Å². The van der Waals surface area contributed by atoms with Crippen molar-refractivity contribution in [2.75, 3.05) is 20.6 Å². The van der Waals surface area contributed by atoms with Crippen LogP contribution in [-0.4, -0.2) is 48.4 Å². The maximum atomic E-state index is 11.8. The lowest BCUT2D eigenvalue weighted by Gasteiger charge is -2.25. The van der Waals surface area contributed by atoms with Gasteiger partial charge in [0.15, 0.2) is 5.96 Å². The zero-order valence-corrected chi connectivity index (χ0v) is 19.4. The van der Waals surface area contributed by atoms with Crippen molar-refractivity contribution in [3.8, 4) is 0 Å². The van der Waals surface area contributed by atoms with Crippen molar-refractivity contribution in [2.45, 2.75) is 64.5 Å². The minimum Gasteiger partial charge on any atom is -0.354 e. The van der Waals surface area contributed by atoms with Gasteiger partial charge < -0.3 is 15.5 Å². The second-order valence-corrected chi connectivity index (χ2v) is 8.05. The summed E-state index contributed by atoms with van der Waals surface area (Å²) in [5.74, 6) is 1.15. The van der Waals surface area contributed by atoms with E-state index in [1.165, 1.54) is 19.3 Å². The lowest BCUT2D eigenvalue weighted by molar-refractivity contribution is -0.127. The van der Waals surface area contributed by atoms with Gasteiger partial charge in [0.05, 0.1) is 12.2 Å². The summed E-state index contributed by atoms with van der Waals surface area (Å²) in [5.41, 5.74) is 1.13. The number of guanidine groups is 1. The molecule has 0 bridgehead atoms. The van der Waals surface area contributed by atoms with Crippen molar-refractivity contribution in [1.82, 2.24) is 20.5 Å². The number of hydrogen-bond acceptors (Lipinski definition) is 4. The van der Waals surface area contributed by atoms with Crippen LogP contribution < -0.4 is 10.6 Å². The first-order chi connectivity index (χ1) is 12.0. The molecule has 8 heteroatoms. The number of nitrogens with one attached hydrogen (secondary N) is 2. The van der Waals surface area contributed by atoms with Gasteiger partial charge in [0.1, 0.15) is 11.6 Å². The zero-order valence-electron chi connectivity index (χ0n) is 16.2. The van der Waals surface area contributed by atoms with Gasteiger partial charge in [-0.05, 0) is 18.8 Å². The number of nitrogens with zero attached hydrogens (tertiary/aromatic N) is 3. The highest BCUT2D eigenvalue weighted by atomic mass is 127. The van der Waals surface area contributed by atoms with Crippen molar-refractivity contribution < 1.29 is 4.79 Å². The molecule has 0 unspecified atom stereocenters. The number of hydrogen-bond donors (Lipinski definition) is 2. The molecule has 2 N–H and O–H groups in total. The average Bonchev–Trinajstić information content (AvgIpc) is 3.07. The molecule has 0 aliphatic heterocycles. The number of aromatic nitrogens is 1. The van der Waals surface area contributed by atoms with E-state index in [9.17, 15) is 4.79 Å². The quantitative estimate of drug-likeness (QED) is 0.363. The highest BCUT2D eigenvalue weighted by Crippen LogP contribution is 2.18. The Labute approximate surface area is 178 Å². The monoisotopic (exact) mass is 493 g/mol. The van der Waals surface area contributed by atoms with Crippen LogP contribution in [0.5, 0.6) is 0 Å². The maximum absolute atomic E-state index is 11.8. The minimum atomic E-state index is 0. The van der Waals surface area contributed by atoms with Crippen molar-refractivity contribution in [3.63, 3.8) is 0 Å². The molecular formula is C18H32IN5OS. The molecule has 6 nitrogen and oxygen atoms in total. The molecule has 1 amide bonds. The predicted molar refractivity (Wildman–Crippen MR) is 119 cm³/mol. The lowest BCUT2D eigenvalue weighted by atomic mass is 9.96. The summed E-state index contributed by atoms with van der Waals surface area (Å²) in [6.45, 7) is 5.09. The maximum Gasteiger partial charge on any atom is 0.243 e. The largest absolute Gasteiger partial charge is 0.354 e. The third-order valence-electron chi connectivity index (χ3n) is 4.39. The summed E-state index contributed by atoms with van der Waals surface area (Å²) in [4.78, 5) is 22.5. The summed E-state index contributed by atoms with van der Waals surface area (Å²) in [6.07, 6.45) is 6.15. The Morgan fingerprint density at radius 3 is 2.62 bits per heavy atom. The van der Waals surface area contributed by atoms with Crippen LogP contribution >= 0.6 is 35.3 Å². The third-order valence-corrected chi connectivity index (χ3v) is 5.25.